The fraction of sp³-hybridized carbons (Fsp3) is 0.609. The number of rotatable bonds is 3. The van der Waals surface area contributed by atoms with Crippen molar-refractivity contribution < 1.29 is 23.0 Å². The van der Waals surface area contributed by atoms with Gasteiger partial charge in [0.05, 0.1) is 31.1 Å². The molecule has 8 nitrogen and oxygen atoms in total. The van der Waals surface area contributed by atoms with Crippen molar-refractivity contribution in [2.75, 3.05) is 38.3 Å². The van der Waals surface area contributed by atoms with Crippen LogP contribution in [0.5, 0.6) is 0 Å². The molecule has 10 heteroatoms. The van der Waals surface area contributed by atoms with Gasteiger partial charge in [0.2, 0.25) is 0 Å². The predicted octanol–water partition coefficient (Wildman–Crippen LogP) is 4.08. The van der Waals surface area contributed by atoms with Gasteiger partial charge in [-0.05, 0) is 38.7 Å². The minimum atomic E-state index is -2.59. The van der Waals surface area contributed by atoms with E-state index in [0.29, 0.717) is 50.7 Å². The Morgan fingerprint density at radius 2 is 2.03 bits per heavy atom. The van der Waals surface area contributed by atoms with E-state index in [2.05, 4.69) is 9.67 Å². The minimum Gasteiger partial charge on any atom is -0.453 e. The summed E-state index contributed by atoms with van der Waals surface area (Å²) in [5.41, 5.74) is 3.91. The number of nitrogens with zero attached hydrogens (tertiary/aromatic N) is 5. The van der Waals surface area contributed by atoms with Crippen molar-refractivity contribution in [1.29, 1.82) is 0 Å². The molecule has 1 fully saturated rings. The van der Waals surface area contributed by atoms with Crippen LogP contribution in [0.2, 0.25) is 0 Å². The highest BCUT2D eigenvalue weighted by Gasteiger charge is 2.34. The molecule has 1 amide bonds. The molecule has 3 aliphatic heterocycles. The quantitative estimate of drug-likeness (QED) is 0.686. The van der Waals surface area contributed by atoms with Crippen LogP contribution in [0.25, 0.3) is 0 Å². The van der Waals surface area contributed by atoms with Crippen molar-refractivity contribution in [1.82, 2.24) is 19.7 Å². The van der Waals surface area contributed by atoms with E-state index in [1.165, 1.54) is 7.11 Å². The zero-order valence-corrected chi connectivity index (χ0v) is 19.0. The van der Waals surface area contributed by atoms with Gasteiger partial charge in [0.15, 0.2) is 5.82 Å². The third-order valence-corrected chi connectivity index (χ3v) is 6.92. The average molecular weight is 462 g/mol. The van der Waals surface area contributed by atoms with Crippen LogP contribution in [0.3, 0.4) is 0 Å². The Morgan fingerprint density at radius 3 is 2.76 bits per heavy atom. The summed E-state index contributed by atoms with van der Waals surface area (Å²) in [5, 5.41) is 5.05. The Kier molecular flexibility index (Phi) is 5.94. The van der Waals surface area contributed by atoms with E-state index in [1.807, 2.05) is 4.90 Å². The van der Waals surface area contributed by atoms with Crippen molar-refractivity contribution in [2.24, 2.45) is 0 Å². The number of methoxy groups -OCH3 is 1. The van der Waals surface area contributed by atoms with Gasteiger partial charge in [0.1, 0.15) is 0 Å². The van der Waals surface area contributed by atoms with E-state index in [-0.39, 0.29) is 17.7 Å². The van der Waals surface area contributed by atoms with E-state index >= 15 is 0 Å². The number of aromatic nitrogens is 3. The molecule has 5 rings (SSSR count). The number of ether oxygens (including phenoxy) is 2. The number of hydrogen-bond acceptors (Lipinski definition) is 6. The van der Waals surface area contributed by atoms with Crippen molar-refractivity contribution in [3.05, 3.63) is 34.3 Å². The lowest BCUT2D eigenvalue weighted by Gasteiger charge is -2.32. The molecule has 0 bridgehead atoms. The number of anilines is 2. The van der Waals surface area contributed by atoms with Gasteiger partial charge in [-0.15, -0.1) is 0 Å². The molecule has 3 aliphatic rings. The summed E-state index contributed by atoms with van der Waals surface area (Å²) < 4.78 is 40.0. The molecule has 33 heavy (non-hydrogen) atoms. The molecule has 0 atom stereocenters. The topological polar surface area (TPSA) is 72.7 Å². The maximum atomic E-state index is 13.7. The number of alkyl halides is 2. The average Bonchev–Trinajstić information content (AvgIpc) is 3.21. The third kappa shape index (κ3) is 3.94. The fourth-order valence-electron chi connectivity index (χ4n) is 5.20. The summed E-state index contributed by atoms with van der Waals surface area (Å²) in [4.78, 5) is 20.5. The second kappa shape index (κ2) is 8.89. The van der Waals surface area contributed by atoms with Gasteiger partial charge in [0.25, 0.3) is 6.43 Å². The molecule has 1 saturated heterocycles. The van der Waals surface area contributed by atoms with Crippen LogP contribution < -0.4 is 4.90 Å². The number of halogens is 2. The Balaban J connectivity index is 1.61. The van der Waals surface area contributed by atoms with Gasteiger partial charge in [-0.25, -0.2) is 13.6 Å². The summed E-state index contributed by atoms with van der Waals surface area (Å²) >= 11 is 0. The lowest BCUT2D eigenvalue weighted by Crippen LogP contribution is -2.37. The molecule has 0 aromatic carbocycles. The summed E-state index contributed by atoms with van der Waals surface area (Å²) in [7, 11) is 1.38. The third-order valence-electron chi connectivity index (χ3n) is 6.92. The second-order valence-electron chi connectivity index (χ2n) is 8.86. The Morgan fingerprint density at radius 1 is 1.24 bits per heavy atom. The minimum absolute atomic E-state index is 0.0467. The molecule has 2 aromatic heterocycles. The van der Waals surface area contributed by atoms with E-state index in [9.17, 15) is 13.6 Å². The van der Waals surface area contributed by atoms with E-state index in [4.69, 9.17) is 14.6 Å². The molecule has 5 heterocycles. The highest BCUT2D eigenvalue weighted by Crippen LogP contribution is 2.40. The van der Waals surface area contributed by atoms with Crippen LogP contribution in [0.4, 0.5) is 25.1 Å². The molecule has 0 radical (unpaired) electrons. The largest absolute Gasteiger partial charge is 0.453 e. The van der Waals surface area contributed by atoms with Gasteiger partial charge >= 0.3 is 6.09 Å². The van der Waals surface area contributed by atoms with E-state index < -0.39 is 6.43 Å². The normalized spacial score (nSPS) is 18.9. The van der Waals surface area contributed by atoms with E-state index in [1.54, 1.807) is 17.9 Å². The molecule has 0 saturated carbocycles. The van der Waals surface area contributed by atoms with Crippen molar-refractivity contribution >= 4 is 17.6 Å². The molecular formula is C23H29F2N5O3. The van der Waals surface area contributed by atoms with Crippen LogP contribution in [-0.4, -0.2) is 59.2 Å². The number of fused-ring (bicyclic) bond motifs is 2. The molecule has 0 N–H and O–H groups in total. The molecule has 0 unspecified atom stereocenters. The second-order valence-corrected chi connectivity index (χ2v) is 8.86. The van der Waals surface area contributed by atoms with Crippen molar-refractivity contribution in [3.8, 4) is 0 Å². The SMILES string of the molecule is COC(=O)N1CCc2c(c(N3CCCc4nc(C)c(C(F)F)cc43)nn2C2CCOCC2)C1. The molecular weight excluding hydrogens is 432 g/mol. The first-order chi connectivity index (χ1) is 16.0. The predicted molar refractivity (Wildman–Crippen MR) is 117 cm³/mol. The Labute approximate surface area is 191 Å². The maximum Gasteiger partial charge on any atom is 0.409 e. The first-order valence-corrected chi connectivity index (χ1v) is 11.5. The number of carbonyl (C=O) groups is 1. The summed E-state index contributed by atoms with van der Waals surface area (Å²) in [6.07, 6.45) is 1.06. The molecule has 178 valence electrons. The standard InChI is InChI=1S/C23H29F2N5O3/c1-14-16(21(24)25)12-20-18(26-14)4-3-8-29(20)22-17-13-28(23(31)32-2)9-5-19(17)30(27-22)15-6-10-33-11-7-15/h12,15,21H,3-11,13H2,1-2H3. The van der Waals surface area contributed by atoms with Crippen molar-refractivity contribution in [2.45, 2.75) is 58.0 Å². The zero-order valence-electron chi connectivity index (χ0n) is 19.0. The number of amides is 1. The van der Waals surface area contributed by atoms with Gasteiger partial charge in [0, 0.05) is 55.2 Å². The fourth-order valence-corrected chi connectivity index (χ4v) is 5.20. The first-order valence-electron chi connectivity index (χ1n) is 11.5. The summed E-state index contributed by atoms with van der Waals surface area (Å²) in [6, 6.07) is 1.80. The highest BCUT2D eigenvalue weighted by atomic mass is 19.3. The van der Waals surface area contributed by atoms with Crippen LogP contribution >= 0.6 is 0 Å². The van der Waals surface area contributed by atoms with Crippen LogP contribution in [-0.2, 0) is 28.9 Å². The zero-order chi connectivity index (χ0) is 23.1. The monoisotopic (exact) mass is 461 g/mol. The number of carbonyl (C=O) groups excluding carboxylic acids is 1. The molecule has 2 aromatic rings. The first kappa shape index (κ1) is 22.1. The van der Waals surface area contributed by atoms with Crippen LogP contribution in [0.15, 0.2) is 6.07 Å². The molecule has 0 spiro atoms. The summed E-state index contributed by atoms with van der Waals surface area (Å²) in [6.45, 7) is 4.62. The number of pyridine rings is 1. The lowest BCUT2D eigenvalue weighted by atomic mass is 10.0. The Hall–Kier alpha value is -2.75. The Bertz CT molecular complexity index is 1050. The van der Waals surface area contributed by atoms with Gasteiger partial charge in [-0.2, -0.15) is 5.10 Å². The lowest BCUT2D eigenvalue weighted by molar-refractivity contribution is 0.0649. The van der Waals surface area contributed by atoms with Crippen molar-refractivity contribution in [3.63, 3.8) is 0 Å². The van der Waals surface area contributed by atoms with Crippen LogP contribution in [0, 0.1) is 6.92 Å². The van der Waals surface area contributed by atoms with E-state index in [0.717, 1.165) is 48.5 Å². The summed E-state index contributed by atoms with van der Waals surface area (Å²) in [5.74, 6) is 0.733. The number of aryl methyl sites for hydroxylation is 2. The van der Waals surface area contributed by atoms with Gasteiger partial charge in [-0.3, -0.25) is 9.67 Å². The highest BCUT2D eigenvalue weighted by molar-refractivity contribution is 5.71. The van der Waals surface area contributed by atoms with Gasteiger partial charge in [-0.1, -0.05) is 0 Å². The molecule has 0 aliphatic carbocycles. The smallest absolute Gasteiger partial charge is 0.409 e. The van der Waals surface area contributed by atoms with Gasteiger partial charge < -0.3 is 19.3 Å². The van der Waals surface area contributed by atoms with Crippen LogP contribution in [0.1, 0.15) is 59.9 Å². The maximum absolute atomic E-state index is 13.7. The number of hydrogen-bond donors (Lipinski definition) is 0.